The van der Waals surface area contributed by atoms with E-state index in [-0.39, 0.29) is 11.9 Å². The molecule has 2 aromatic rings. The Labute approximate surface area is 162 Å². The van der Waals surface area contributed by atoms with E-state index >= 15 is 0 Å². The first kappa shape index (κ1) is 19.1. The third-order valence-corrected chi connectivity index (χ3v) is 5.18. The molecule has 1 N–H and O–H groups in total. The molecule has 1 heterocycles. The third-order valence-electron chi connectivity index (χ3n) is 5.18. The van der Waals surface area contributed by atoms with Crippen LogP contribution in [0.1, 0.15) is 48.9 Å². The molecule has 1 atom stereocenters. The number of hydrogen-bond acceptors (Lipinski definition) is 2. The molecule has 0 saturated carbocycles. The molecule has 1 aromatic carbocycles. The van der Waals surface area contributed by atoms with Gasteiger partial charge in [0.15, 0.2) is 0 Å². The van der Waals surface area contributed by atoms with Crippen LogP contribution in [0.25, 0.3) is 5.57 Å². The maximum atomic E-state index is 12.2. The molecule has 1 aliphatic carbocycles. The monoisotopic (exact) mass is 360 g/mol. The molecule has 1 amide bonds. The summed E-state index contributed by atoms with van der Waals surface area (Å²) in [5.41, 5.74) is 7.70. The summed E-state index contributed by atoms with van der Waals surface area (Å²) < 4.78 is 0. The van der Waals surface area contributed by atoms with E-state index in [4.69, 9.17) is 0 Å². The van der Waals surface area contributed by atoms with Gasteiger partial charge in [-0.3, -0.25) is 9.78 Å². The summed E-state index contributed by atoms with van der Waals surface area (Å²) in [5, 5.41) is 3.07. The molecule has 0 saturated heterocycles. The fourth-order valence-electron chi connectivity index (χ4n) is 3.63. The maximum absolute atomic E-state index is 12.2. The number of carbonyl (C=O) groups excluding carboxylic acids is 1. The van der Waals surface area contributed by atoms with E-state index in [1.54, 1.807) is 12.3 Å². The van der Waals surface area contributed by atoms with E-state index in [0.29, 0.717) is 0 Å². The van der Waals surface area contributed by atoms with Gasteiger partial charge in [-0.05, 0) is 80.4 Å². The summed E-state index contributed by atoms with van der Waals surface area (Å²) in [6.07, 6.45) is 11.2. The molecule has 3 rings (SSSR count). The second-order valence-electron chi connectivity index (χ2n) is 7.48. The molecular weight excluding hydrogens is 332 g/mol. The van der Waals surface area contributed by atoms with Crippen molar-refractivity contribution in [3.8, 4) is 0 Å². The molecule has 0 bridgehead atoms. The number of amides is 1. The van der Waals surface area contributed by atoms with Gasteiger partial charge in [-0.1, -0.05) is 35.9 Å². The zero-order valence-corrected chi connectivity index (χ0v) is 16.5. The normalized spacial score (nSPS) is 14.5. The highest BCUT2D eigenvalue weighted by Gasteiger charge is 2.16. The Morgan fingerprint density at radius 3 is 2.93 bits per heavy atom. The minimum absolute atomic E-state index is 0.0173. The van der Waals surface area contributed by atoms with Crippen LogP contribution < -0.4 is 5.32 Å². The zero-order valence-electron chi connectivity index (χ0n) is 16.5. The lowest BCUT2D eigenvalue weighted by Gasteiger charge is -2.12. The predicted octanol–water partition coefficient (Wildman–Crippen LogP) is 4.80. The molecule has 1 aliphatic rings. The van der Waals surface area contributed by atoms with Crippen molar-refractivity contribution in [3.63, 3.8) is 0 Å². The number of fused-ring (bicyclic) bond motifs is 1. The lowest BCUT2D eigenvalue weighted by atomic mass is 10.0. The van der Waals surface area contributed by atoms with Crippen LogP contribution >= 0.6 is 0 Å². The second kappa shape index (κ2) is 8.81. The van der Waals surface area contributed by atoms with Crippen molar-refractivity contribution < 1.29 is 4.79 Å². The summed E-state index contributed by atoms with van der Waals surface area (Å²) in [5.74, 6) is -0.0173. The number of rotatable bonds is 7. The second-order valence-corrected chi connectivity index (χ2v) is 7.48. The smallest absolute Gasteiger partial charge is 0.244 e. The van der Waals surface area contributed by atoms with Gasteiger partial charge in [-0.15, -0.1) is 0 Å². The van der Waals surface area contributed by atoms with Crippen molar-refractivity contribution in [2.45, 2.75) is 52.5 Å². The largest absolute Gasteiger partial charge is 0.350 e. The molecule has 27 heavy (non-hydrogen) atoms. The molecule has 3 nitrogen and oxygen atoms in total. The van der Waals surface area contributed by atoms with Crippen LogP contribution in [0, 0.1) is 6.92 Å². The molecule has 1 aromatic heterocycles. The van der Waals surface area contributed by atoms with Crippen molar-refractivity contribution in [1.82, 2.24) is 10.3 Å². The van der Waals surface area contributed by atoms with Crippen LogP contribution in [0.3, 0.4) is 0 Å². The minimum Gasteiger partial charge on any atom is -0.350 e. The van der Waals surface area contributed by atoms with Gasteiger partial charge in [0.2, 0.25) is 5.91 Å². The molecule has 0 radical (unpaired) electrons. The van der Waals surface area contributed by atoms with Crippen molar-refractivity contribution >= 4 is 11.5 Å². The standard InChI is InChI=1S/C24H28N2O/c1-17-9-11-23-19(3)21(15-22(23)14-17)10-12-24(27)26-18(2)6-4-7-20-8-5-13-25-16-20/h5,8-14,16,18H,4,6-7,15H2,1-3H3,(H,26,27)/b12-10+. The van der Waals surface area contributed by atoms with Crippen LogP contribution in [-0.4, -0.2) is 16.9 Å². The number of pyridine rings is 1. The number of nitrogens with one attached hydrogen (secondary N) is 1. The summed E-state index contributed by atoms with van der Waals surface area (Å²) in [6.45, 7) is 6.32. The van der Waals surface area contributed by atoms with E-state index in [1.165, 1.54) is 33.4 Å². The van der Waals surface area contributed by atoms with Gasteiger partial charge in [-0.25, -0.2) is 0 Å². The average Bonchev–Trinajstić information content (AvgIpc) is 2.96. The molecular formula is C24H28N2O. The average molecular weight is 361 g/mol. The van der Waals surface area contributed by atoms with Gasteiger partial charge in [-0.2, -0.15) is 0 Å². The van der Waals surface area contributed by atoms with Crippen LogP contribution in [0.15, 0.2) is 60.5 Å². The molecule has 1 unspecified atom stereocenters. The van der Waals surface area contributed by atoms with Crippen molar-refractivity contribution in [1.29, 1.82) is 0 Å². The molecule has 140 valence electrons. The van der Waals surface area contributed by atoms with Gasteiger partial charge in [0.1, 0.15) is 0 Å². The Bertz CT molecular complexity index is 865. The number of hydrogen-bond donors (Lipinski definition) is 1. The SMILES string of the molecule is CC1=C(/C=C/C(=O)NC(C)CCCc2cccnc2)Cc2cc(C)ccc21. The van der Waals surface area contributed by atoms with Gasteiger partial charge >= 0.3 is 0 Å². The highest BCUT2D eigenvalue weighted by molar-refractivity contribution is 5.89. The lowest BCUT2D eigenvalue weighted by Crippen LogP contribution is -2.31. The number of allylic oxidation sites excluding steroid dienone is 3. The van der Waals surface area contributed by atoms with Crippen LogP contribution in [0.4, 0.5) is 0 Å². The summed E-state index contributed by atoms with van der Waals surface area (Å²) in [7, 11) is 0. The number of nitrogens with zero attached hydrogens (tertiary/aromatic N) is 1. The highest BCUT2D eigenvalue weighted by Crippen LogP contribution is 2.33. The Balaban J connectivity index is 1.47. The number of carbonyl (C=O) groups is 1. The molecule has 0 spiro atoms. The molecule has 0 fully saturated rings. The maximum Gasteiger partial charge on any atom is 0.244 e. The first-order chi connectivity index (χ1) is 13.0. The first-order valence-electron chi connectivity index (χ1n) is 9.70. The first-order valence-corrected chi connectivity index (χ1v) is 9.70. The number of benzene rings is 1. The number of aromatic nitrogens is 1. The zero-order chi connectivity index (χ0) is 19.2. The Morgan fingerprint density at radius 2 is 2.15 bits per heavy atom. The summed E-state index contributed by atoms with van der Waals surface area (Å²) in [6, 6.07) is 10.8. The van der Waals surface area contributed by atoms with Gasteiger partial charge in [0.25, 0.3) is 0 Å². The fraction of sp³-hybridized carbons (Fsp3) is 0.333. The highest BCUT2D eigenvalue weighted by atomic mass is 16.1. The van der Waals surface area contributed by atoms with E-state index < -0.39 is 0 Å². The van der Waals surface area contributed by atoms with Gasteiger partial charge < -0.3 is 5.32 Å². The van der Waals surface area contributed by atoms with E-state index in [0.717, 1.165) is 25.7 Å². The fourth-order valence-corrected chi connectivity index (χ4v) is 3.63. The summed E-state index contributed by atoms with van der Waals surface area (Å²) in [4.78, 5) is 16.4. The minimum atomic E-state index is -0.0173. The predicted molar refractivity (Wildman–Crippen MR) is 111 cm³/mol. The van der Waals surface area contributed by atoms with E-state index in [1.807, 2.05) is 18.3 Å². The third kappa shape index (κ3) is 5.16. The Morgan fingerprint density at radius 1 is 1.30 bits per heavy atom. The Hall–Kier alpha value is -2.68. The van der Waals surface area contributed by atoms with E-state index in [2.05, 4.69) is 55.3 Å². The van der Waals surface area contributed by atoms with Crippen LogP contribution in [0.2, 0.25) is 0 Å². The quantitative estimate of drug-likeness (QED) is 0.721. The van der Waals surface area contributed by atoms with Crippen LogP contribution in [0.5, 0.6) is 0 Å². The van der Waals surface area contributed by atoms with Gasteiger partial charge in [0.05, 0.1) is 0 Å². The van der Waals surface area contributed by atoms with Crippen LogP contribution in [-0.2, 0) is 17.6 Å². The van der Waals surface area contributed by atoms with Crippen molar-refractivity contribution in [2.24, 2.45) is 0 Å². The van der Waals surface area contributed by atoms with Crippen molar-refractivity contribution in [3.05, 3.63) is 82.7 Å². The topological polar surface area (TPSA) is 42.0 Å². The number of aryl methyl sites for hydroxylation is 2. The molecule has 3 heteroatoms. The van der Waals surface area contributed by atoms with Crippen molar-refractivity contribution in [2.75, 3.05) is 0 Å². The van der Waals surface area contributed by atoms with E-state index in [9.17, 15) is 4.79 Å². The molecule has 0 aliphatic heterocycles. The van der Waals surface area contributed by atoms with Gasteiger partial charge in [0, 0.05) is 24.5 Å². The summed E-state index contributed by atoms with van der Waals surface area (Å²) >= 11 is 0. The lowest BCUT2D eigenvalue weighted by molar-refractivity contribution is -0.117. The Kier molecular flexibility index (Phi) is 6.23.